The third-order valence-electron chi connectivity index (χ3n) is 2.39. The van der Waals surface area contributed by atoms with Gasteiger partial charge in [-0.05, 0) is 6.07 Å². The van der Waals surface area contributed by atoms with Crippen LogP contribution in [0.25, 0.3) is 16.5 Å². The van der Waals surface area contributed by atoms with Gasteiger partial charge in [-0.25, -0.2) is 0 Å². The van der Waals surface area contributed by atoms with E-state index in [0.29, 0.717) is 5.57 Å². The predicted octanol–water partition coefficient (Wildman–Crippen LogP) is 2.59. The van der Waals surface area contributed by atoms with Gasteiger partial charge in [0.15, 0.2) is 0 Å². The summed E-state index contributed by atoms with van der Waals surface area (Å²) in [5, 5.41) is 10.2. The van der Waals surface area contributed by atoms with Gasteiger partial charge in [0.2, 0.25) is 0 Å². The second-order valence-corrected chi connectivity index (χ2v) is 3.87. The molecule has 0 fully saturated rings. The molecule has 1 heterocycles. The number of allylic oxidation sites excluding steroid dienone is 1. The monoisotopic (exact) mass is 211 g/mol. The average Bonchev–Trinajstić information content (AvgIpc) is 2.69. The highest BCUT2D eigenvalue weighted by Gasteiger charge is 2.07. The Morgan fingerprint density at radius 1 is 1.38 bits per heavy atom. The fourth-order valence-electron chi connectivity index (χ4n) is 1.71. The Morgan fingerprint density at radius 3 is 2.81 bits per heavy atom. The molecule has 2 rings (SSSR count). The lowest BCUT2D eigenvalue weighted by atomic mass is 10.1. The maximum Gasteiger partial charge on any atom is 0.101 e. The van der Waals surface area contributed by atoms with Gasteiger partial charge in [0, 0.05) is 43.0 Å². The van der Waals surface area contributed by atoms with E-state index in [1.807, 2.05) is 55.7 Å². The van der Waals surface area contributed by atoms with Crippen LogP contribution in [0.3, 0.4) is 0 Å². The van der Waals surface area contributed by atoms with E-state index in [4.69, 9.17) is 5.26 Å². The average molecular weight is 211 g/mol. The molecule has 16 heavy (non-hydrogen) atoms. The molecule has 0 atom stereocenters. The molecule has 0 saturated carbocycles. The number of aromatic nitrogens is 1. The molecule has 0 aliphatic rings. The molecule has 0 saturated heterocycles. The van der Waals surface area contributed by atoms with Crippen LogP contribution in [-0.2, 0) is 0 Å². The number of nitrogens with one attached hydrogen (secondary N) is 1. The van der Waals surface area contributed by atoms with Gasteiger partial charge in [-0.15, -0.1) is 0 Å². The van der Waals surface area contributed by atoms with Crippen molar-refractivity contribution in [1.29, 1.82) is 5.26 Å². The number of nitriles is 1. The van der Waals surface area contributed by atoms with Crippen molar-refractivity contribution in [2.75, 3.05) is 14.1 Å². The quantitative estimate of drug-likeness (QED) is 0.776. The van der Waals surface area contributed by atoms with Gasteiger partial charge in [-0.1, -0.05) is 18.2 Å². The molecule has 3 heteroatoms. The van der Waals surface area contributed by atoms with Gasteiger partial charge in [0.05, 0.1) is 5.57 Å². The van der Waals surface area contributed by atoms with E-state index in [2.05, 4.69) is 11.1 Å². The molecule has 0 amide bonds. The van der Waals surface area contributed by atoms with Crippen molar-refractivity contribution in [2.24, 2.45) is 0 Å². The number of benzene rings is 1. The maximum atomic E-state index is 9.15. The highest BCUT2D eigenvalue weighted by atomic mass is 15.0. The topological polar surface area (TPSA) is 42.8 Å². The molecule has 80 valence electrons. The smallest absolute Gasteiger partial charge is 0.101 e. The van der Waals surface area contributed by atoms with E-state index >= 15 is 0 Å². The zero-order chi connectivity index (χ0) is 11.5. The number of para-hydroxylation sites is 1. The summed E-state index contributed by atoms with van der Waals surface area (Å²) in [7, 11) is 3.82. The molecule has 0 aliphatic carbocycles. The molecule has 1 aromatic carbocycles. The van der Waals surface area contributed by atoms with Gasteiger partial charge in [0.1, 0.15) is 6.07 Å². The molecule has 3 nitrogen and oxygen atoms in total. The normalized spacial score (nSPS) is 11.4. The summed E-state index contributed by atoms with van der Waals surface area (Å²) in [4.78, 5) is 5.04. The van der Waals surface area contributed by atoms with E-state index in [0.717, 1.165) is 16.5 Å². The van der Waals surface area contributed by atoms with Crippen LogP contribution in [0.2, 0.25) is 0 Å². The van der Waals surface area contributed by atoms with Crippen LogP contribution in [0.4, 0.5) is 0 Å². The van der Waals surface area contributed by atoms with Crippen LogP contribution >= 0.6 is 0 Å². The minimum Gasteiger partial charge on any atom is -0.382 e. The maximum absolute atomic E-state index is 9.15. The highest BCUT2D eigenvalue weighted by Crippen LogP contribution is 2.24. The summed E-state index contributed by atoms with van der Waals surface area (Å²) in [6, 6.07) is 10.2. The molecule has 1 aromatic heterocycles. The Kier molecular flexibility index (Phi) is 2.65. The Balaban J connectivity index is 2.59. The van der Waals surface area contributed by atoms with Crippen molar-refractivity contribution < 1.29 is 0 Å². The van der Waals surface area contributed by atoms with Gasteiger partial charge in [0.25, 0.3) is 0 Å². The van der Waals surface area contributed by atoms with Gasteiger partial charge in [-0.2, -0.15) is 5.26 Å². The molecular formula is C13H13N3. The van der Waals surface area contributed by atoms with Gasteiger partial charge < -0.3 is 9.88 Å². The van der Waals surface area contributed by atoms with E-state index in [-0.39, 0.29) is 0 Å². The summed E-state index contributed by atoms with van der Waals surface area (Å²) in [5.41, 5.74) is 2.67. The summed E-state index contributed by atoms with van der Waals surface area (Å²) in [6.45, 7) is 0. The number of hydrogen-bond acceptors (Lipinski definition) is 2. The number of H-pyrrole nitrogens is 1. The molecule has 0 aliphatic heterocycles. The third kappa shape index (κ3) is 1.78. The van der Waals surface area contributed by atoms with Crippen LogP contribution in [0, 0.1) is 11.3 Å². The van der Waals surface area contributed by atoms with E-state index in [1.165, 1.54) is 0 Å². The fourth-order valence-corrected chi connectivity index (χ4v) is 1.71. The summed E-state index contributed by atoms with van der Waals surface area (Å²) in [5.74, 6) is 0. The van der Waals surface area contributed by atoms with Crippen molar-refractivity contribution in [1.82, 2.24) is 9.88 Å². The molecule has 0 radical (unpaired) electrons. The van der Waals surface area contributed by atoms with E-state index in [9.17, 15) is 0 Å². The highest BCUT2D eigenvalue weighted by molar-refractivity contribution is 5.95. The molecule has 1 N–H and O–H groups in total. The molecule has 0 spiro atoms. The van der Waals surface area contributed by atoms with Crippen LogP contribution in [-0.4, -0.2) is 24.0 Å². The minimum atomic E-state index is 0.669. The summed E-state index contributed by atoms with van der Waals surface area (Å²) >= 11 is 0. The van der Waals surface area contributed by atoms with Crippen LogP contribution < -0.4 is 0 Å². The Morgan fingerprint density at radius 2 is 2.12 bits per heavy atom. The molecule has 0 bridgehead atoms. The largest absolute Gasteiger partial charge is 0.382 e. The number of aromatic amines is 1. The van der Waals surface area contributed by atoms with Crippen molar-refractivity contribution >= 4 is 16.5 Å². The van der Waals surface area contributed by atoms with Gasteiger partial charge in [-0.3, -0.25) is 0 Å². The number of nitrogens with zero attached hydrogens (tertiary/aromatic N) is 2. The number of hydrogen-bond donors (Lipinski definition) is 1. The number of rotatable bonds is 2. The lowest BCUT2D eigenvalue weighted by Crippen LogP contribution is -2.01. The SMILES string of the molecule is CN(C)C=C(C#N)c1c[nH]c2ccccc12. The second kappa shape index (κ2) is 4.11. The van der Waals surface area contributed by atoms with Crippen LogP contribution in [0.5, 0.6) is 0 Å². The zero-order valence-electron chi connectivity index (χ0n) is 9.36. The van der Waals surface area contributed by atoms with Crippen molar-refractivity contribution in [3.63, 3.8) is 0 Å². The van der Waals surface area contributed by atoms with Crippen molar-refractivity contribution in [2.45, 2.75) is 0 Å². The molecule has 2 aromatic rings. The third-order valence-corrected chi connectivity index (χ3v) is 2.39. The lowest BCUT2D eigenvalue weighted by Gasteiger charge is -2.05. The first-order chi connectivity index (χ1) is 7.72. The second-order valence-electron chi connectivity index (χ2n) is 3.87. The minimum absolute atomic E-state index is 0.669. The molecular weight excluding hydrogens is 198 g/mol. The Labute approximate surface area is 94.6 Å². The van der Waals surface area contributed by atoms with Crippen LogP contribution in [0.1, 0.15) is 5.56 Å². The van der Waals surface area contributed by atoms with Crippen LogP contribution in [0.15, 0.2) is 36.7 Å². The fraction of sp³-hybridized carbons (Fsp3) is 0.154. The summed E-state index contributed by atoms with van der Waals surface area (Å²) < 4.78 is 0. The standard InChI is InChI=1S/C13H13N3/c1-16(2)9-10(7-14)12-8-15-13-6-4-3-5-11(12)13/h3-6,8-9,15H,1-2H3. The lowest BCUT2D eigenvalue weighted by molar-refractivity contribution is 0.566. The summed E-state index contributed by atoms with van der Waals surface area (Å²) in [6.07, 6.45) is 3.71. The Bertz CT molecular complexity index is 570. The Hall–Kier alpha value is -2.21. The van der Waals surface area contributed by atoms with Crippen molar-refractivity contribution in [3.05, 3.63) is 42.2 Å². The first kappa shape index (κ1) is 10.3. The number of fused-ring (bicyclic) bond motifs is 1. The predicted molar refractivity (Wildman–Crippen MR) is 65.6 cm³/mol. The first-order valence-electron chi connectivity index (χ1n) is 5.07. The molecule has 0 unspecified atom stereocenters. The first-order valence-corrected chi connectivity index (χ1v) is 5.07. The van der Waals surface area contributed by atoms with E-state index in [1.54, 1.807) is 0 Å². The van der Waals surface area contributed by atoms with E-state index < -0.39 is 0 Å². The van der Waals surface area contributed by atoms with Gasteiger partial charge >= 0.3 is 0 Å². The van der Waals surface area contributed by atoms with Crippen molar-refractivity contribution in [3.8, 4) is 6.07 Å². The zero-order valence-corrected chi connectivity index (χ0v) is 9.36.